The zero-order chi connectivity index (χ0) is 16.1. The average Bonchev–Trinajstić information content (AvgIpc) is 3.03. The Labute approximate surface area is 153 Å². The van der Waals surface area contributed by atoms with E-state index in [4.69, 9.17) is 4.42 Å². The SMILES string of the molecule is Ic1cc2ccccc2c2c1oc1c(-c3ccccc3)cccc12. The van der Waals surface area contributed by atoms with Crippen molar-refractivity contribution in [1.29, 1.82) is 0 Å². The average molecular weight is 420 g/mol. The summed E-state index contributed by atoms with van der Waals surface area (Å²) in [6, 6.07) is 27.6. The highest BCUT2D eigenvalue weighted by Gasteiger charge is 2.16. The molecule has 2 heteroatoms. The fraction of sp³-hybridized carbons (Fsp3) is 0. The molecule has 1 aromatic heterocycles. The first-order chi connectivity index (χ1) is 11.8. The van der Waals surface area contributed by atoms with E-state index in [1.165, 1.54) is 27.1 Å². The van der Waals surface area contributed by atoms with Gasteiger partial charge in [-0.05, 0) is 45.0 Å². The monoisotopic (exact) mass is 420 g/mol. The molecule has 1 heterocycles. The zero-order valence-electron chi connectivity index (χ0n) is 12.8. The summed E-state index contributed by atoms with van der Waals surface area (Å²) in [5, 5.41) is 4.89. The van der Waals surface area contributed by atoms with E-state index in [0.717, 1.165) is 20.3 Å². The molecule has 4 aromatic carbocycles. The molecular weight excluding hydrogens is 407 g/mol. The second-order valence-electron chi connectivity index (χ2n) is 5.93. The second kappa shape index (κ2) is 5.35. The van der Waals surface area contributed by atoms with Gasteiger partial charge in [-0.25, -0.2) is 0 Å². The summed E-state index contributed by atoms with van der Waals surface area (Å²) >= 11 is 2.37. The third-order valence-electron chi connectivity index (χ3n) is 4.53. The van der Waals surface area contributed by atoms with Crippen molar-refractivity contribution >= 4 is 55.3 Å². The van der Waals surface area contributed by atoms with Crippen LogP contribution in [-0.4, -0.2) is 0 Å². The third-order valence-corrected chi connectivity index (χ3v) is 5.33. The number of hydrogen-bond donors (Lipinski definition) is 0. The molecule has 0 aliphatic rings. The number of rotatable bonds is 1. The van der Waals surface area contributed by atoms with Crippen molar-refractivity contribution in [2.24, 2.45) is 0 Å². The first-order valence-electron chi connectivity index (χ1n) is 7.91. The lowest BCUT2D eigenvalue weighted by atomic mass is 10.00. The lowest BCUT2D eigenvalue weighted by Crippen LogP contribution is -1.79. The van der Waals surface area contributed by atoms with Gasteiger partial charge < -0.3 is 4.42 Å². The van der Waals surface area contributed by atoms with Crippen LogP contribution in [0.5, 0.6) is 0 Å². The van der Waals surface area contributed by atoms with Gasteiger partial charge in [-0.15, -0.1) is 0 Å². The van der Waals surface area contributed by atoms with E-state index < -0.39 is 0 Å². The lowest BCUT2D eigenvalue weighted by Gasteiger charge is -2.02. The van der Waals surface area contributed by atoms with Crippen molar-refractivity contribution in [3.8, 4) is 11.1 Å². The van der Waals surface area contributed by atoms with Crippen LogP contribution in [-0.2, 0) is 0 Å². The van der Waals surface area contributed by atoms with E-state index in [1.54, 1.807) is 0 Å². The number of benzene rings is 4. The Morgan fingerprint density at radius 1 is 0.667 bits per heavy atom. The first kappa shape index (κ1) is 14.1. The molecule has 114 valence electrons. The molecule has 1 nitrogen and oxygen atoms in total. The number of halogens is 1. The highest BCUT2D eigenvalue weighted by Crippen LogP contribution is 2.40. The molecule has 0 N–H and O–H groups in total. The van der Waals surface area contributed by atoms with Gasteiger partial charge in [0, 0.05) is 16.3 Å². The molecule has 0 amide bonds. The van der Waals surface area contributed by atoms with Crippen molar-refractivity contribution < 1.29 is 4.42 Å². The quantitative estimate of drug-likeness (QED) is 0.266. The highest BCUT2D eigenvalue weighted by molar-refractivity contribution is 14.1. The molecule has 0 saturated carbocycles. The van der Waals surface area contributed by atoms with Crippen LogP contribution in [0.2, 0.25) is 0 Å². The van der Waals surface area contributed by atoms with Gasteiger partial charge in [0.1, 0.15) is 11.2 Å². The molecule has 5 aromatic rings. The molecule has 0 saturated heterocycles. The van der Waals surface area contributed by atoms with Gasteiger partial charge in [0.25, 0.3) is 0 Å². The summed E-state index contributed by atoms with van der Waals surface area (Å²) < 4.78 is 7.52. The molecule has 0 bridgehead atoms. The van der Waals surface area contributed by atoms with Gasteiger partial charge in [-0.3, -0.25) is 0 Å². The predicted molar refractivity (Wildman–Crippen MR) is 109 cm³/mol. The van der Waals surface area contributed by atoms with Crippen LogP contribution in [0.25, 0.3) is 43.8 Å². The van der Waals surface area contributed by atoms with Crippen molar-refractivity contribution in [3.05, 3.63) is 82.4 Å². The Hall–Kier alpha value is -2.33. The smallest absolute Gasteiger partial charge is 0.149 e. The molecular formula is C22H13IO. The van der Waals surface area contributed by atoms with E-state index in [-0.39, 0.29) is 0 Å². The standard InChI is InChI=1S/C22H13IO/c23-19-13-15-9-4-5-10-16(15)20-18-12-6-11-17(21(18)24-22(19)20)14-7-2-1-3-8-14/h1-13H. The van der Waals surface area contributed by atoms with Crippen molar-refractivity contribution in [2.45, 2.75) is 0 Å². The minimum absolute atomic E-state index is 0.966. The predicted octanol–water partition coefficient (Wildman–Crippen LogP) is 7.01. The van der Waals surface area contributed by atoms with Gasteiger partial charge in [-0.1, -0.05) is 72.8 Å². The van der Waals surface area contributed by atoms with Crippen LogP contribution in [0.15, 0.2) is 83.3 Å². The van der Waals surface area contributed by atoms with Crippen LogP contribution in [0.1, 0.15) is 0 Å². The summed E-state index contributed by atoms with van der Waals surface area (Å²) in [5.41, 5.74) is 4.27. The van der Waals surface area contributed by atoms with E-state index in [2.05, 4.69) is 95.4 Å². The Bertz CT molecular complexity index is 1200. The van der Waals surface area contributed by atoms with Gasteiger partial charge in [0.15, 0.2) is 0 Å². The van der Waals surface area contributed by atoms with Crippen LogP contribution < -0.4 is 0 Å². The number of furan rings is 1. The minimum Gasteiger partial charge on any atom is -0.454 e. The Morgan fingerprint density at radius 2 is 1.42 bits per heavy atom. The largest absolute Gasteiger partial charge is 0.454 e. The highest BCUT2D eigenvalue weighted by atomic mass is 127. The number of fused-ring (bicyclic) bond motifs is 5. The first-order valence-corrected chi connectivity index (χ1v) is 8.99. The Kier molecular flexibility index (Phi) is 3.13. The maximum Gasteiger partial charge on any atom is 0.149 e. The normalized spacial score (nSPS) is 11.5. The molecule has 0 atom stereocenters. The molecule has 0 aliphatic carbocycles. The number of hydrogen-bond acceptors (Lipinski definition) is 1. The molecule has 5 rings (SSSR count). The van der Waals surface area contributed by atoms with Crippen LogP contribution in [0.3, 0.4) is 0 Å². The molecule has 0 aliphatic heterocycles. The van der Waals surface area contributed by atoms with Crippen LogP contribution in [0, 0.1) is 3.57 Å². The van der Waals surface area contributed by atoms with E-state index in [9.17, 15) is 0 Å². The molecule has 0 radical (unpaired) electrons. The van der Waals surface area contributed by atoms with Crippen molar-refractivity contribution in [3.63, 3.8) is 0 Å². The maximum absolute atomic E-state index is 6.37. The fourth-order valence-electron chi connectivity index (χ4n) is 3.45. The Balaban J connectivity index is 1.99. The van der Waals surface area contributed by atoms with Crippen LogP contribution in [0.4, 0.5) is 0 Å². The molecule has 0 spiro atoms. The molecule has 0 unspecified atom stereocenters. The van der Waals surface area contributed by atoms with Gasteiger partial charge in [0.05, 0.1) is 3.57 Å². The Morgan fingerprint density at radius 3 is 2.29 bits per heavy atom. The van der Waals surface area contributed by atoms with E-state index in [0.29, 0.717) is 0 Å². The number of para-hydroxylation sites is 1. The van der Waals surface area contributed by atoms with Crippen LogP contribution >= 0.6 is 22.6 Å². The molecule has 0 fully saturated rings. The van der Waals surface area contributed by atoms with Gasteiger partial charge in [0.2, 0.25) is 0 Å². The minimum atomic E-state index is 0.966. The van der Waals surface area contributed by atoms with E-state index >= 15 is 0 Å². The summed E-state index contributed by atoms with van der Waals surface area (Å²) in [6.07, 6.45) is 0. The summed E-state index contributed by atoms with van der Waals surface area (Å²) in [6.45, 7) is 0. The van der Waals surface area contributed by atoms with Crippen molar-refractivity contribution in [1.82, 2.24) is 0 Å². The van der Waals surface area contributed by atoms with Gasteiger partial charge in [-0.2, -0.15) is 0 Å². The van der Waals surface area contributed by atoms with E-state index in [1.807, 2.05) is 6.07 Å². The maximum atomic E-state index is 6.37. The summed E-state index contributed by atoms with van der Waals surface area (Å²) in [4.78, 5) is 0. The third kappa shape index (κ3) is 1.99. The summed E-state index contributed by atoms with van der Waals surface area (Å²) in [7, 11) is 0. The second-order valence-corrected chi connectivity index (χ2v) is 7.10. The fourth-order valence-corrected chi connectivity index (χ4v) is 4.17. The van der Waals surface area contributed by atoms with Gasteiger partial charge >= 0.3 is 0 Å². The van der Waals surface area contributed by atoms with Crippen molar-refractivity contribution in [2.75, 3.05) is 0 Å². The lowest BCUT2D eigenvalue weighted by molar-refractivity contribution is 0.668. The topological polar surface area (TPSA) is 13.1 Å². The zero-order valence-corrected chi connectivity index (χ0v) is 14.9. The summed E-state index contributed by atoms with van der Waals surface area (Å²) in [5.74, 6) is 0. The molecule has 24 heavy (non-hydrogen) atoms.